The van der Waals surface area contributed by atoms with Gasteiger partial charge >= 0.3 is 6.18 Å². The normalized spacial score (nSPS) is 16.6. The van der Waals surface area contributed by atoms with E-state index in [1.165, 1.54) is 6.07 Å². The average molecular weight is 511 g/mol. The van der Waals surface area contributed by atoms with Crippen LogP contribution in [0.1, 0.15) is 28.5 Å². The second-order valence-corrected chi connectivity index (χ2v) is 8.91. The van der Waals surface area contributed by atoms with Crippen LogP contribution in [0.5, 0.6) is 0 Å². The fourth-order valence-corrected chi connectivity index (χ4v) is 4.43. The highest BCUT2D eigenvalue weighted by Gasteiger charge is 2.32. The second kappa shape index (κ2) is 10.1. The van der Waals surface area contributed by atoms with Crippen molar-refractivity contribution in [2.24, 2.45) is 0 Å². The number of benzene rings is 1. The lowest BCUT2D eigenvalue weighted by Gasteiger charge is -2.40. The Balaban J connectivity index is 1.19. The van der Waals surface area contributed by atoms with Gasteiger partial charge in [-0.1, -0.05) is 0 Å². The molecule has 0 radical (unpaired) electrons. The number of imidazole rings is 1. The molecular formula is C25H25F3N8O. The maximum atomic E-state index is 12.9. The number of carbonyl (C=O) groups is 1. The zero-order valence-electron chi connectivity index (χ0n) is 20.0. The van der Waals surface area contributed by atoms with Gasteiger partial charge in [0.05, 0.1) is 11.9 Å². The van der Waals surface area contributed by atoms with Crippen LogP contribution >= 0.6 is 0 Å². The first-order valence-corrected chi connectivity index (χ1v) is 11.7. The Hall–Kier alpha value is -4.19. The molecule has 2 N–H and O–H groups in total. The van der Waals surface area contributed by atoms with Crippen LogP contribution in [0.3, 0.4) is 0 Å². The fraction of sp³-hybridized carbons (Fsp3) is 0.280. The fourth-order valence-electron chi connectivity index (χ4n) is 4.43. The summed E-state index contributed by atoms with van der Waals surface area (Å²) in [5.74, 6) is 0.204. The summed E-state index contributed by atoms with van der Waals surface area (Å²) in [6.07, 6.45) is 3.41. The number of nitrogens with one attached hydrogen (secondary N) is 2. The highest BCUT2D eigenvalue weighted by Crippen LogP contribution is 2.30. The van der Waals surface area contributed by atoms with E-state index in [9.17, 15) is 18.0 Å². The first kappa shape index (κ1) is 24.5. The van der Waals surface area contributed by atoms with Crippen LogP contribution in [-0.2, 0) is 12.7 Å². The molecule has 4 heterocycles. The van der Waals surface area contributed by atoms with Crippen molar-refractivity contribution in [3.8, 4) is 5.69 Å². The molecule has 0 bridgehead atoms. The van der Waals surface area contributed by atoms with Gasteiger partial charge in [0.15, 0.2) is 5.69 Å². The van der Waals surface area contributed by atoms with Crippen LogP contribution in [0, 0.1) is 0 Å². The Labute approximate surface area is 210 Å². The predicted octanol–water partition coefficient (Wildman–Crippen LogP) is 3.97. The monoisotopic (exact) mass is 510 g/mol. The van der Waals surface area contributed by atoms with E-state index in [1.807, 2.05) is 46.9 Å². The number of hydrogen-bond acceptors (Lipinski definition) is 6. The van der Waals surface area contributed by atoms with E-state index < -0.39 is 11.7 Å². The van der Waals surface area contributed by atoms with E-state index in [0.717, 1.165) is 23.5 Å². The summed E-state index contributed by atoms with van der Waals surface area (Å²) in [6.45, 7) is 4.43. The van der Waals surface area contributed by atoms with Gasteiger partial charge in [-0.15, -0.1) is 0 Å². The van der Waals surface area contributed by atoms with E-state index in [1.54, 1.807) is 18.7 Å². The maximum Gasteiger partial charge on any atom is 0.417 e. The molecule has 9 nitrogen and oxygen atoms in total. The molecule has 37 heavy (non-hydrogen) atoms. The highest BCUT2D eigenvalue weighted by molar-refractivity contribution is 6.03. The lowest BCUT2D eigenvalue weighted by molar-refractivity contribution is -0.137. The van der Waals surface area contributed by atoms with Crippen molar-refractivity contribution >= 4 is 17.4 Å². The highest BCUT2D eigenvalue weighted by atomic mass is 19.4. The minimum Gasteiger partial charge on any atom is -0.351 e. The molecule has 1 fully saturated rings. The third-order valence-electron chi connectivity index (χ3n) is 6.34. The van der Waals surface area contributed by atoms with E-state index in [-0.39, 0.29) is 11.9 Å². The van der Waals surface area contributed by atoms with Crippen LogP contribution in [-0.4, -0.2) is 61.2 Å². The van der Waals surface area contributed by atoms with Crippen LogP contribution in [0.4, 0.5) is 24.7 Å². The summed E-state index contributed by atoms with van der Waals surface area (Å²) < 4.78 is 40.4. The molecule has 0 aliphatic carbocycles. The van der Waals surface area contributed by atoms with Gasteiger partial charge in [-0.25, -0.2) is 9.97 Å². The van der Waals surface area contributed by atoms with Gasteiger partial charge in [0.2, 0.25) is 0 Å². The molecule has 5 rings (SSSR count). The van der Waals surface area contributed by atoms with Crippen molar-refractivity contribution in [1.29, 1.82) is 0 Å². The van der Waals surface area contributed by atoms with Gasteiger partial charge in [0.1, 0.15) is 5.82 Å². The number of alkyl halides is 3. The Morgan fingerprint density at radius 1 is 1.16 bits per heavy atom. The quantitative estimate of drug-likeness (QED) is 0.408. The molecule has 1 unspecified atom stereocenters. The summed E-state index contributed by atoms with van der Waals surface area (Å²) in [5.41, 5.74) is 1.89. The smallest absolute Gasteiger partial charge is 0.351 e. The molecule has 12 heteroatoms. The molecule has 1 aliphatic heterocycles. The zero-order valence-corrected chi connectivity index (χ0v) is 20.0. The third-order valence-corrected chi connectivity index (χ3v) is 6.34. The van der Waals surface area contributed by atoms with Crippen molar-refractivity contribution in [3.63, 3.8) is 0 Å². The molecule has 1 aliphatic rings. The number of H-pyrrole nitrogens is 1. The van der Waals surface area contributed by atoms with Gasteiger partial charge < -0.3 is 14.8 Å². The summed E-state index contributed by atoms with van der Waals surface area (Å²) in [6, 6.07) is 9.89. The number of pyridine rings is 1. The van der Waals surface area contributed by atoms with Gasteiger partial charge in [-0.05, 0) is 43.3 Å². The van der Waals surface area contributed by atoms with Gasteiger partial charge in [-0.2, -0.15) is 18.3 Å². The molecule has 1 amide bonds. The molecule has 1 saturated heterocycles. The summed E-state index contributed by atoms with van der Waals surface area (Å²) in [5, 5.41) is 9.83. The Morgan fingerprint density at radius 2 is 1.97 bits per heavy atom. The van der Waals surface area contributed by atoms with Crippen molar-refractivity contribution in [2.45, 2.75) is 25.7 Å². The van der Waals surface area contributed by atoms with Crippen LogP contribution in [0.2, 0.25) is 0 Å². The predicted molar refractivity (Wildman–Crippen MR) is 131 cm³/mol. The lowest BCUT2D eigenvalue weighted by Crippen LogP contribution is -2.52. The lowest BCUT2D eigenvalue weighted by atomic mass is 10.1. The minimum atomic E-state index is -4.41. The molecule has 0 spiro atoms. The Kier molecular flexibility index (Phi) is 6.66. The Bertz CT molecular complexity index is 1330. The first-order chi connectivity index (χ1) is 17.8. The maximum absolute atomic E-state index is 12.9. The Morgan fingerprint density at radius 3 is 2.62 bits per heavy atom. The van der Waals surface area contributed by atoms with Crippen molar-refractivity contribution in [2.75, 3.05) is 29.9 Å². The number of halogens is 3. The van der Waals surface area contributed by atoms with E-state index in [2.05, 4.69) is 30.4 Å². The largest absolute Gasteiger partial charge is 0.417 e. The number of amides is 1. The van der Waals surface area contributed by atoms with Crippen molar-refractivity contribution in [3.05, 3.63) is 84.3 Å². The molecule has 1 atom stereocenters. The standard InChI is InChI=1S/C25H25F3N8O/c1-17-14-34(10-11-36(17)22-7-2-19(13-30-22)25(26,27)28)15-18-12-31-33-23(18)24(37)32-20-3-5-21(6-4-20)35-9-8-29-16-35/h2-9,12-13,16-17H,10-11,14-15H2,1H3,(H,31,33)(H,32,37). The topological polar surface area (TPSA) is 95.0 Å². The van der Waals surface area contributed by atoms with Gasteiger partial charge in [0, 0.05) is 73.9 Å². The van der Waals surface area contributed by atoms with Gasteiger partial charge in [-0.3, -0.25) is 14.8 Å². The number of hydrogen-bond donors (Lipinski definition) is 2. The number of carbonyl (C=O) groups excluding carboxylic acids is 1. The van der Waals surface area contributed by atoms with Gasteiger partial charge in [0.25, 0.3) is 5.91 Å². The average Bonchev–Trinajstić information content (AvgIpc) is 3.57. The van der Waals surface area contributed by atoms with Crippen LogP contribution < -0.4 is 10.2 Å². The number of nitrogens with zero attached hydrogens (tertiary/aromatic N) is 6. The summed E-state index contributed by atoms with van der Waals surface area (Å²) in [7, 11) is 0. The number of aromatic amines is 1. The van der Waals surface area contributed by atoms with E-state index in [4.69, 9.17) is 0 Å². The van der Waals surface area contributed by atoms with Crippen molar-refractivity contribution in [1.82, 2.24) is 29.6 Å². The van der Waals surface area contributed by atoms with E-state index in [0.29, 0.717) is 43.4 Å². The van der Waals surface area contributed by atoms with Crippen molar-refractivity contribution < 1.29 is 18.0 Å². The minimum absolute atomic E-state index is 0.0242. The SMILES string of the molecule is CC1CN(Cc2c[nH]nc2C(=O)Nc2ccc(-n3ccnc3)cc2)CCN1c1ccc(C(F)(F)F)cn1. The first-order valence-electron chi connectivity index (χ1n) is 11.7. The summed E-state index contributed by atoms with van der Waals surface area (Å²) in [4.78, 5) is 25.2. The molecule has 4 aromatic rings. The van der Waals surface area contributed by atoms with E-state index >= 15 is 0 Å². The van der Waals surface area contributed by atoms with Crippen LogP contribution in [0.25, 0.3) is 5.69 Å². The number of anilines is 2. The second-order valence-electron chi connectivity index (χ2n) is 8.91. The molecule has 192 valence electrons. The number of rotatable bonds is 6. The molecule has 0 saturated carbocycles. The number of piperazine rings is 1. The summed E-state index contributed by atoms with van der Waals surface area (Å²) >= 11 is 0. The van der Waals surface area contributed by atoms with Crippen LogP contribution in [0.15, 0.2) is 67.5 Å². The number of aromatic nitrogens is 5. The molecule has 3 aromatic heterocycles. The molecule has 1 aromatic carbocycles. The zero-order chi connectivity index (χ0) is 26.0. The molecular weight excluding hydrogens is 485 g/mol. The third kappa shape index (κ3) is 5.48.